The highest BCUT2D eigenvalue weighted by Crippen LogP contribution is 2.21. The van der Waals surface area contributed by atoms with Gasteiger partial charge in [-0.2, -0.15) is 0 Å². The predicted octanol–water partition coefficient (Wildman–Crippen LogP) is 3.17. The van der Waals surface area contributed by atoms with Crippen molar-refractivity contribution >= 4 is 34.5 Å². The quantitative estimate of drug-likeness (QED) is 0.397. The second-order valence-electron chi connectivity index (χ2n) is 6.29. The van der Waals surface area contributed by atoms with Gasteiger partial charge < -0.3 is 9.64 Å². The number of para-hydroxylation sites is 1. The van der Waals surface area contributed by atoms with E-state index in [-0.39, 0.29) is 5.91 Å². The molecule has 26 heavy (non-hydrogen) atoms. The third kappa shape index (κ3) is 4.82. The van der Waals surface area contributed by atoms with Crippen molar-refractivity contribution in [2.45, 2.75) is 13.5 Å². The van der Waals surface area contributed by atoms with Crippen molar-refractivity contribution in [1.82, 2.24) is 9.80 Å². The fourth-order valence-corrected chi connectivity index (χ4v) is 3.67. The molecule has 0 saturated carbocycles. The lowest BCUT2D eigenvalue weighted by atomic mass is 10.1. The molecule has 2 aromatic carbocycles. The van der Waals surface area contributed by atoms with E-state index in [0.717, 1.165) is 19.6 Å². The monoisotopic (exact) mass is 464 g/mol. The first-order chi connectivity index (χ1) is 12.5. The van der Waals surface area contributed by atoms with Gasteiger partial charge in [-0.05, 0) is 52.4 Å². The zero-order chi connectivity index (χ0) is 18.5. The zero-order valence-corrected chi connectivity index (χ0v) is 16.8. The van der Waals surface area contributed by atoms with Crippen LogP contribution >= 0.6 is 22.6 Å². The molecule has 0 bridgehead atoms. The topological polar surface area (TPSA) is 49.9 Å². The molecule has 0 aromatic heterocycles. The summed E-state index contributed by atoms with van der Waals surface area (Å²) in [6, 6.07) is 15.4. The smallest absolute Gasteiger partial charge is 0.308 e. The molecular formula is C20H21IN2O3. The van der Waals surface area contributed by atoms with Crippen molar-refractivity contribution in [3.63, 3.8) is 0 Å². The summed E-state index contributed by atoms with van der Waals surface area (Å²) >= 11 is 2.32. The number of ether oxygens (including phenoxy) is 1. The minimum absolute atomic E-state index is 0.0873. The van der Waals surface area contributed by atoms with Crippen molar-refractivity contribution < 1.29 is 14.3 Å². The third-order valence-electron chi connectivity index (χ3n) is 4.33. The molecule has 0 atom stereocenters. The summed E-state index contributed by atoms with van der Waals surface area (Å²) in [4.78, 5) is 28.3. The minimum Gasteiger partial charge on any atom is -0.426 e. The molecule has 1 aliphatic rings. The van der Waals surface area contributed by atoms with Crippen LogP contribution in [-0.2, 0) is 11.3 Å². The summed E-state index contributed by atoms with van der Waals surface area (Å²) in [6.45, 7) is 5.21. The maximum atomic E-state index is 12.8. The number of hydrogen-bond donors (Lipinski definition) is 0. The normalized spacial score (nSPS) is 14.9. The Hall–Kier alpha value is -1.93. The molecule has 1 heterocycles. The number of amides is 1. The molecule has 5 nitrogen and oxygen atoms in total. The third-order valence-corrected chi connectivity index (χ3v) is 5.00. The Bertz CT molecular complexity index is 801. The number of halogens is 1. The van der Waals surface area contributed by atoms with Crippen LogP contribution in [0.1, 0.15) is 22.8 Å². The first-order valence-corrected chi connectivity index (χ1v) is 9.64. The zero-order valence-electron chi connectivity index (χ0n) is 14.7. The van der Waals surface area contributed by atoms with Crippen LogP contribution in [0.15, 0.2) is 48.5 Å². The molecule has 0 radical (unpaired) electrons. The fourth-order valence-electron chi connectivity index (χ4n) is 3.06. The highest BCUT2D eigenvalue weighted by molar-refractivity contribution is 14.1. The van der Waals surface area contributed by atoms with Crippen LogP contribution in [0.25, 0.3) is 0 Å². The SMILES string of the molecule is CC(=O)Oc1ccccc1C(=O)N1CCN(Cc2cccc(I)c2)CC1. The van der Waals surface area contributed by atoms with E-state index in [1.54, 1.807) is 24.3 Å². The second-order valence-corrected chi connectivity index (χ2v) is 7.53. The van der Waals surface area contributed by atoms with Gasteiger partial charge in [0.25, 0.3) is 5.91 Å². The van der Waals surface area contributed by atoms with E-state index < -0.39 is 5.97 Å². The largest absolute Gasteiger partial charge is 0.426 e. The predicted molar refractivity (Wildman–Crippen MR) is 108 cm³/mol. The number of hydrogen-bond acceptors (Lipinski definition) is 4. The minimum atomic E-state index is -0.424. The van der Waals surface area contributed by atoms with E-state index in [9.17, 15) is 9.59 Å². The van der Waals surface area contributed by atoms with E-state index in [2.05, 4.69) is 51.8 Å². The van der Waals surface area contributed by atoms with Gasteiger partial charge in [0.15, 0.2) is 0 Å². The lowest BCUT2D eigenvalue weighted by Gasteiger charge is -2.35. The molecule has 136 valence electrons. The van der Waals surface area contributed by atoms with Gasteiger partial charge in [-0.25, -0.2) is 0 Å². The number of benzene rings is 2. The molecule has 0 aliphatic carbocycles. The number of rotatable bonds is 4. The van der Waals surface area contributed by atoms with E-state index in [1.165, 1.54) is 16.1 Å². The van der Waals surface area contributed by atoms with Crippen LogP contribution in [0, 0.1) is 3.57 Å². The average molecular weight is 464 g/mol. The Morgan fingerprint density at radius 2 is 1.77 bits per heavy atom. The van der Waals surface area contributed by atoms with Crippen molar-refractivity contribution in [2.75, 3.05) is 26.2 Å². The molecule has 1 amide bonds. The maximum absolute atomic E-state index is 12.8. The Labute approximate surface area is 167 Å². The summed E-state index contributed by atoms with van der Waals surface area (Å²) in [6.07, 6.45) is 0. The van der Waals surface area contributed by atoms with Gasteiger partial charge in [-0.3, -0.25) is 14.5 Å². The number of carbonyl (C=O) groups is 2. The van der Waals surface area contributed by atoms with Gasteiger partial charge in [0.05, 0.1) is 5.56 Å². The highest BCUT2D eigenvalue weighted by Gasteiger charge is 2.24. The lowest BCUT2D eigenvalue weighted by molar-refractivity contribution is -0.131. The van der Waals surface area contributed by atoms with Crippen LogP contribution in [0.3, 0.4) is 0 Å². The molecule has 0 N–H and O–H groups in total. The van der Waals surface area contributed by atoms with Gasteiger partial charge in [0.2, 0.25) is 0 Å². The summed E-state index contributed by atoms with van der Waals surface area (Å²) in [5.74, 6) is -0.186. The first kappa shape index (κ1) is 18.8. The summed E-state index contributed by atoms with van der Waals surface area (Å²) in [5.41, 5.74) is 1.73. The Morgan fingerprint density at radius 1 is 1.04 bits per heavy atom. The van der Waals surface area contributed by atoms with Crippen LogP contribution in [-0.4, -0.2) is 47.9 Å². The van der Waals surface area contributed by atoms with Crippen molar-refractivity contribution in [2.24, 2.45) is 0 Å². The Morgan fingerprint density at radius 3 is 2.46 bits per heavy atom. The summed E-state index contributed by atoms with van der Waals surface area (Å²) in [7, 11) is 0. The highest BCUT2D eigenvalue weighted by atomic mass is 127. The molecule has 1 fully saturated rings. The van der Waals surface area contributed by atoms with Crippen molar-refractivity contribution in [1.29, 1.82) is 0 Å². The van der Waals surface area contributed by atoms with E-state index >= 15 is 0 Å². The van der Waals surface area contributed by atoms with Gasteiger partial charge in [-0.15, -0.1) is 0 Å². The Balaban J connectivity index is 1.61. The molecule has 1 aliphatic heterocycles. The molecule has 0 spiro atoms. The molecule has 2 aromatic rings. The Kier molecular flexibility index (Phi) is 6.26. The van der Waals surface area contributed by atoms with Crippen molar-refractivity contribution in [3.8, 4) is 5.75 Å². The summed E-state index contributed by atoms with van der Waals surface area (Å²) < 4.78 is 6.40. The van der Waals surface area contributed by atoms with Gasteiger partial charge >= 0.3 is 5.97 Å². The average Bonchev–Trinajstić information content (AvgIpc) is 2.62. The van der Waals surface area contributed by atoms with Gasteiger partial charge in [0.1, 0.15) is 5.75 Å². The number of nitrogens with zero attached hydrogens (tertiary/aromatic N) is 2. The van der Waals surface area contributed by atoms with E-state index in [1.807, 2.05) is 4.90 Å². The van der Waals surface area contributed by atoms with Crippen molar-refractivity contribution in [3.05, 3.63) is 63.2 Å². The fraction of sp³-hybridized carbons (Fsp3) is 0.300. The number of carbonyl (C=O) groups excluding carboxylic acids is 2. The van der Waals surface area contributed by atoms with Crippen LogP contribution < -0.4 is 4.74 Å². The standard InChI is InChI=1S/C20H21IN2O3/c1-15(24)26-19-8-3-2-7-18(19)20(25)23-11-9-22(10-12-23)14-16-5-4-6-17(21)13-16/h2-8,13H,9-12,14H2,1H3. The maximum Gasteiger partial charge on any atom is 0.308 e. The second kappa shape index (κ2) is 8.64. The first-order valence-electron chi connectivity index (χ1n) is 8.56. The van der Waals surface area contributed by atoms with Crippen LogP contribution in [0.2, 0.25) is 0 Å². The van der Waals surface area contributed by atoms with E-state index in [4.69, 9.17) is 4.74 Å². The molecule has 6 heteroatoms. The molecular weight excluding hydrogens is 443 g/mol. The van der Waals surface area contributed by atoms with Gasteiger partial charge in [-0.1, -0.05) is 24.3 Å². The molecule has 3 rings (SSSR count). The molecule has 1 saturated heterocycles. The van der Waals surface area contributed by atoms with Crippen LogP contribution in [0.4, 0.5) is 0 Å². The number of piperazine rings is 1. The molecule has 0 unspecified atom stereocenters. The van der Waals surface area contributed by atoms with Crippen LogP contribution in [0.5, 0.6) is 5.75 Å². The number of esters is 1. The van der Waals surface area contributed by atoms with E-state index in [0.29, 0.717) is 24.4 Å². The lowest BCUT2D eigenvalue weighted by Crippen LogP contribution is -2.48. The summed E-state index contributed by atoms with van der Waals surface area (Å²) in [5, 5.41) is 0. The van der Waals surface area contributed by atoms with Gasteiger partial charge in [0, 0.05) is 43.2 Å².